The number of rotatable bonds is 6. The minimum Gasteiger partial charge on any atom is -0.344 e. The van der Waals surface area contributed by atoms with Gasteiger partial charge in [0, 0.05) is 24.8 Å². The number of hydrogen-bond acceptors (Lipinski definition) is 6. The van der Waals surface area contributed by atoms with Gasteiger partial charge in [-0.25, -0.2) is 4.79 Å². The quantitative estimate of drug-likeness (QED) is 0.509. The third kappa shape index (κ3) is 2.98. The summed E-state index contributed by atoms with van der Waals surface area (Å²) in [4.78, 5) is 34.9. The van der Waals surface area contributed by atoms with E-state index in [0.29, 0.717) is 5.69 Å². The van der Waals surface area contributed by atoms with Crippen LogP contribution in [0.5, 0.6) is 0 Å². The number of aryl methyl sites for hydroxylation is 3. The standard InChI is InChI=1S/C18H19N5O5/c1-4-20-14-10-13(22(25)26)15(19-12-8-6-11(3)7-9-12)17(23(27)28)16(14)21(5-2)18(20)24/h6-10,19H,4-5H2,1-3H3. The van der Waals surface area contributed by atoms with Crippen molar-refractivity contribution in [2.45, 2.75) is 33.9 Å². The van der Waals surface area contributed by atoms with Gasteiger partial charge in [-0.05, 0) is 32.9 Å². The molecule has 146 valence electrons. The van der Waals surface area contributed by atoms with E-state index in [4.69, 9.17) is 0 Å². The predicted molar refractivity (Wildman–Crippen MR) is 105 cm³/mol. The van der Waals surface area contributed by atoms with Crippen molar-refractivity contribution in [1.29, 1.82) is 0 Å². The highest BCUT2D eigenvalue weighted by molar-refractivity contribution is 5.98. The van der Waals surface area contributed by atoms with Crippen LogP contribution < -0.4 is 11.0 Å². The first kappa shape index (κ1) is 19.1. The van der Waals surface area contributed by atoms with Gasteiger partial charge in [0.1, 0.15) is 0 Å². The molecule has 2 aromatic carbocycles. The van der Waals surface area contributed by atoms with Crippen LogP contribution in [0.1, 0.15) is 19.4 Å². The van der Waals surface area contributed by atoms with Crippen molar-refractivity contribution in [3.05, 3.63) is 66.6 Å². The number of hydrogen-bond donors (Lipinski definition) is 1. The first-order chi connectivity index (χ1) is 13.3. The zero-order valence-electron chi connectivity index (χ0n) is 15.6. The van der Waals surface area contributed by atoms with Crippen molar-refractivity contribution >= 4 is 33.8 Å². The molecule has 1 heterocycles. The number of aromatic nitrogens is 2. The van der Waals surface area contributed by atoms with Gasteiger partial charge in [-0.2, -0.15) is 0 Å². The minimum absolute atomic E-state index is 0.0690. The van der Waals surface area contributed by atoms with Gasteiger partial charge in [0.25, 0.3) is 0 Å². The molecule has 0 aliphatic rings. The number of nitrogens with zero attached hydrogens (tertiary/aromatic N) is 4. The molecule has 10 heteroatoms. The molecule has 0 aliphatic carbocycles. The zero-order chi connectivity index (χ0) is 20.6. The lowest BCUT2D eigenvalue weighted by atomic mass is 10.1. The average molecular weight is 385 g/mol. The Morgan fingerprint density at radius 3 is 2.11 bits per heavy atom. The van der Waals surface area contributed by atoms with E-state index in [1.807, 2.05) is 6.92 Å². The van der Waals surface area contributed by atoms with Crippen molar-refractivity contribution in [2.24, 2.45) is 0 Å². The van der Waals surface area contributed by atoms with Gasteiger partial charge in [0.05, 0.1) is 15.4 Å². The third-order valence-corrected chi connectivity index (χ3v) is 4.59. The molecular weight excluding hydrogens is 366 g/mol. The van der Waals surface area contributed by atoms with Gasteiger partial charge >= 0.3 is 17.1 Å². The van der Waals surface area contributed by atoms with Crippen LogP contribution in [0.2, 0.25) is 0 Å². The third-order valence-electron chi connectivity index (χ3n) is 4.59. The topological polar surface area (TPSA) is 125 Å². The normalized spacial score (nSPS) is 11.0. The lowest BCUT2D eigenvalue weighted by molar-refractivity contribution is -0.391. The Morgan fingerprint density at radius 2 is 1.61 bits per heavy atom. The van der Waals surface area contributed by atoms with Crippen LogP contribution in [-0.2, 0) is 13.1 Å². The second-order valence-electron chi connectivity index (χ2n) is 6.26. The molecule has 3 rings (SSSR count). The Hall–Kier alpha value is -3.69. The second kappa shape index (κ2) is 7.14. The summed E-state index contributed by atoms with van der Waals surface area (Å²) in [5, 5.41) is 26.5. The smallest absolute Gasteiger partial charge is 0.329 e. The monoisotopic (exact) mass is 385 g/mol. The van der Waals surface area contributed by atoms with E-state index in [1.165, 1.54) is 15.2 Å². The first-order valence-corrected chi connectivity index (χ1v) is 8.72. The molecule has 1 N–H and O–H groups in total. The highest BCUT2D eigenvalue weighted by atomic mass is 16.6. The molecular formula is C18H19N5O5. The lowest BCUT2D eigenvalue weighted by Crippen LogP contribution is -2.23. The Bertz CT molecular complexity index is 1140. The summed E-state index contributed by atoms with van der Waals surface area (Å²) in [5.74, 6) is 0. The summed E-state index contributed by atoms with van der Waals surface area (Å²) in [6.45, 7) is 5.72. The number of nitro benzene ring substituents is 2. The molecule has 3 aromatic rings. The highest BCUT2D eigenvalue weighted by Crippen LogP contribution is 2.42. The second-order valence-corrected chi connectivity index (χ2v) is 6.26. The minimum atomic E-state index is -0.684. The number of imidazole rings is 1. The van der Waals surface area contributed by atoms with Crippen LogP contribution in [0, 0.1) is 27.2 Å². The molecule has 1 aromatic heterocycles. The molecule has 0 saturated carbocycles. The van der Waals surface area contributed by atoms with Gasteiger partial charge in [-0.15, -0.1) is 0 Å². The van der Waals surface area contributed by atoms with Crippen molar-refractivity contribution < 1.29 is 9.85 Å². The van der Waals surface area contributed by atoms with Gasteiger partial charge in [-0.1, -0.05) is 17.7 Å². The Balaban J connectivity index is 2.44. The molecule has 0 fully saturated rings. The van der Waals surface area contributed by atoms with E-state index >= 15 is 0 Å². The molecule has 0 amide bonds. The van der Waals surface area contributed by atoms with Crippen molar-refractivity contribution in [1.82, 2.24) is 9.13 Å². The fourth-order valence-corrected chi connectivity index (χ4v) is 3.27. The molecule has 0 saturated heterocycles. The van der Waals surface area contributed by atoms with Crippen LogP contribution in [0.15, 0.2) is 35.1 Å². The summed E-state index contributed by atoms with van der Waals surface area (Å²) in [6, 6.07) is 8.15. The summed E-state index contributed by atoms with van der Waals surface area (Å²) in [7, 11) is 0. The van der Waals surface area contributed by atoms with Crippen molar-refractivity contribution in [3.8, 4) is 0 Å². The number of benzene rings is 2. The fraction of sp³-hybridized carbons (Fsp3) is 0.278. The summed E-state index contributed by atoms with van der Waals surface area (Å²) in [5.41, 5.74) is 0.0425. The van der Waals surface area contributed by atoms with Crippen LogP contribution in [-0.4, -0.2) is 19.0 Å². The molecule has 0 aliphatic heterocycles. The van der Waals surface area contributed by atoms with Crippen LogP contribution >= 0.6 is 0 Å². The first-order valence-electron chi connectivity index (χ1n) is 8.72. The molecule has 28 heavy (non-hydrogen) atoms. The van der Waals surface area contributed by atoms with Crippen LogP contribution in [0.4, 0.5) is 22.7 Å². The largest absolute Gasteiger partial charge is 0.344 e. The molecule has 0 atom stereocenters. The lowest BCUT2D eigenvalue weighted by Gasteiger charge is -2.10. The average Bonchev–Trinajstić information content (AvgIpc) is 2.92. The molecule has 0 spiro atoms. The number of nitrogens with one attached hydrogen (secondary N) is 1. The van der Waals surface area contributed by atoms with Crippen molar-refractivity contribution in [3.63, 3.8) is 0 Å². The van der Waals surface area contributed by atoms with E-state index in [2.05, 4.69) is 5.32 Å². The predicted octanol–water partition coefficient (Wildman–Crippen LogP) is 3.71. The Morgan fingerprint density at radius 1 is 1.00 bits per heavy atom. The molecule has 0 unspecified atom stereocenters. The van der Waals surface area contributed by atoms with E-state index in [0.717, 1.165) is 5.56 Å². The number of nitro groups is 2. The van der Waals surface area contributed by atoms with E-state index in [9.17, 15) is 25.0 Å². The molecule has 0 radical (unpaired) electrons. The van der Waals surface area contributed by atoms with Crippen LogP contribution in [0.3, 0.4) is 0 Å². The van der Waals surface area contributed by atoms with Crippen molar-refractivity contribution in [2.75, 3.05) is 5.32 Å². The van der Waals surface area contributed by atoms with Gasteiger partial charge in [0.2, 0.25) is 0 Å². The van der Waals surface area contributed by atoms with E-state index < -0.39 is 26.9 Å². The maximum Gasteiger partial charge on any atom is 0.329 e. The summed E-state index contributed by atoms with van der Waals surface area (Å²) in [6.07, 6.45) is 0. The highest BCUT2D eigenvalue weighted by Gasteiger charge is 2.33. The molecule has 0 bridgehead atoms. The van der Waals surface area contributed by atoms with Gasteiger partial charge in [0.15, 0.2) is 11.2 Å². The van der Waals surface area contributed by atoms with Gasteiger partial charge < -0.3 is 5.32 Å². The number of anilines is 2. The van der Waals surface area contributed by atoms with E-state index in [-0.39, 0.29) is 29.8 Å². The summed E-state index contributed by atoms with van der Waals surface area (Å²) < 4.78 is 2.56. The maximum absolute atomic E-state index is 12.6. The van der Waals surface area contributed by atoms with E-state index in [1.54, 1.807) is 38.1 Å². The maximum atomic E-state index is 12.6. The Labute approximate surface area is 159 Å². The zero-order valence-corrected chi connectivity index (χ0v) is 15.6. The van der Waals surface area contributed by atoms with Crippen LogP contribution in [0.25, 0.3) is 11.0 Å². The molecule has 10 nitrogen and oxygen atoms in total. The van der Waals surface area contributed by atoms with Gasteiger partial charge in [-0.3, -0.25) is 29.4 Å². The summed E-state index contributed by atoms with van der Waals surface area (Å²) >= 11 is 0. The Kier molecular flexibility index (Phi) is 4.87. The SMILES string of the molecule is CCn1c(=O)n(CC)c2c([N+](=O)[O-])c(Nc3ccc(C)cc3)c([N+](=O)[O-])cc21. The number of fused-ring (bicyclic) bond motifs is 1. The fourth-order valence-electron chi connectivity index (χ4n) is 3.27.